The molecular weight excluding hydrogens is 278 g/mol. The fraction of sp³-hybridized carbons (Fsp3) is 0.0769. The highest BCUT2D eigenvalue weighted by molar-refractivity contribution is 9.10. The number of nitriles is 1. The zero-order chi connectivity index (χ0) is 12.3. The molecule has 1 N–H and O–H groups in total. The van der Waals surface area contributed by atoms with Crippen LogP contribution in [0.2, 0.25) is 0 Å². The van der Waals surface area contributed by atoms with Crippen molar-refractivity contribution >= 4 is 27.3 Å². The summed E-state index contributed by atoms with van der Waals surface area (Å²) in [6.45, 7) is 1.95. The van der Waals surface area contributed by atoms with Gasteiger partial charge in [-0.3, -0.25) is 4.98 Å². The van der Waals surface area contributed by atoms with Gasteiger partial charge in [-0.1, -0.05) is 0 Å². The lowest BCUT2D eigenvalue weighted by Crippen LogP contribution is -1.92. The van der Waals surface area contributed by atoms with Crippen LogP contribution >= 0.6 is 15.9 Å². The Morgan fingerprint density at radius 2 is 2.00 bits per heavy atom. The monoisotopic (exact) mass is 287 g/mol. The molecule has 0 unspecified atom stereocenters. The summed E-state index contributed by atoms with van der Waals surface area (Å²) in [4.78, 5) is 4.20. The molecule has 3 nitrogen and oxygen atoms in total. The largest absolute Gasteiger partial charge is 0.354 e. The van der Waals surface area contributed by atoms with Gasteiger partial charge in [-0.2, -0.15) is 5.26 Å². The summed E-state index contributed by atoms with van der Waals surface area (Å²) in [5.41, 5.74) is 3.45. The van der Waals surface area contributed by atoms with Gasteiger partial charge in [0.15, 0.2) is 0 Å². The molecule has 0 bridgehead atoms. The Hall–Kier alpha value is -1.86. The average Bonchev–Trinajstić information content (AvgIpc) is 2.32. The molecule has 0 aliphatic heterocycles. The number of pyridine rings is 1. The van der Waals surface area contributed by atoms with Crippen LogP contribution in [0.25, 0.3) is 0 Å². The molecule has 1 aromatic carbocycles. The van der Waals surface area contributed by atoms with Crippen LogP contribution in [0.4, 0.5) is 11.4 Å². The van der Waals surface area contributed by atoms with E-state index in [-0.39, 0.29) is 0 Å². The number of hydrogen-bond donors (Lipinski definition) is 1. The topological polar surface area (TPSA) is 48.7 Å². The van der Waals surface area contributed by atoms with Crippen molar-refractivity contribution in [1.82, 2.24) is 4.98 Å². The van der Waals surface area contributed by atoms with Crippen LogP contribution in [0.15, 0.2) is 41.0 Å². The van der Waals surface area contributed by atoms with Gasteiger partial charge in [-0.05, 0) is 53.2 Å². The molecule has 2 rings (SSSR count). The van der Waals surface area contributed by atoms with Gasteiger partial charge >= 0.3 is 0 Å². The Labute approximate surface area is 108 Å². The maximum Gasteiger partial charge on any atom is 0.100 e. The summed E-state index contributed by atoms with van der Waals surface area (Å²) in [5.74, 6) is 0. The van der Waals surface area contributed by atoms with Gasteiger partial charge in [-0.15, -0.1) is 0 Å². The van der Waals surface area contributed by atoms with Crippen LogP contribution < -0.4 is 5.32 Å². The molecular formula is C13H10BrN3. The summed E-state index contributed by atoms with van der Waals surface area (Å²) in [7, 11) is 0. The molecule has 0 spiro atoms. The molecule has 84 valence electrons. The highest BCUT2D eigenvalue weighted by Gasteiger charge is 2.01. The minimum absolute atomic E-state index is 0.623. The lowest BCUT2D eigenvalue weighted by Gasteiger charge is -2.07. The standard InChI is InChI=1S/C13H10BrN3/c1-9-2-4-12(8-16-9)17-11-5-3-10(7-15)13(14)6-11/h2-6,8,17H,1H3. The Bertz CT molecular complexity index is 570. The average molecular weight is 288 g/mol. The van der Waals surface area contributed by atoms with Crippen molar-refractivity contribution < 1.29 is 0 Å². The number of aromatic nitrogens is 1. The first kappa shape index (κ1) is 11.6. The second-order valence-corrected chi connectivity index (χ2v) is 4.47. The van der Waals surface area contributed by atoms with Crippen molar-refractivity contribution in [3.63, 3.8) is 0 Å². The second-order valence-electron chi connectivity index (χ2n) is 3.62. The summed E-state index contributed by atoms with van der Waals surface area (Å²) in [6.07, 6.45) is 1.78. The van der Waals surface area contributed by atoms with Crippen LogP contribution in [0.1, 0.15) is 11.3 Å². The molecule has 0 saturated heterocycles. The predicted octanol–water partition coefficient (Wildman–Crippen LogP) is 3.77. The first-order chi connectivity index (χ1) is 8.19. The number of aryl methyl sites for hydroxylation is 1. The van der Waals surface area contributed by atoms with Crippen LogP contribution in [0, 0.1) is 18.3 Å². The van der Waals surface area contributed by atoms with Gasteiger partial charge in [0.05, 0.1) is 17.4 Å². The molecule has 1 heterocycles. The van der Waals surface area contributed by atoms with Crippen molar-refractivity contribution in [3.8, 4) is 6.07 Å². The van der Waals surface area contributed by atoms with Gasteiger partial charge in [0, 0.05) is 15.9 Å². The molecule has 17 heavy (non-hydrogen) atoms. The molecule has 2 aromatic rings. The molecule has 1 aromatic heterocycles. The first-order valence-electron chi connectivity index (χ1n) is 5.08. The van der Waals surface area contributed by atoms with E-state index in [2.05, 4.69) is 32.3 Å². The van der Waals surface area contributed by atoms with E-state index in [0.29, 0.717) is 5.56 Å². The molecule has 0 amide bonds. The number of halogens is 1. The maximum atomic E-state index is 8.82. The fourth-order valence-corrected chi connectivity index (χ4v) is 1.86. The molecule has 0 saturated carbocycles. The second kappa shape index (κ2) is 4.98. The predicted molar refractivity (Wildman–Crippen MR) is 71.1 cm³/mol. The van der Waals surface area contributed by atoms with Crippen molar-refractivity contribution in [3.05, 3.63) is 52.3 Å². The number of hydrogen-bond acceptors (Lipinski definition) is 3. The zero-order valence-corrected chi connectivity index (χ0v) is 10.8. The maximum absolute atomic E-state index is 8.82. The van der Waals surface area contributed by atoms with Crippen molar-refractivity contribution in [1.29, 1.82) is 5.26 Å². The Morgan fingerprint density at radius 3 is 2.59 bits per heavy atom. The highest BCUT2D eigenvalue weighted by Crippen LogP contribution is 2.23. The van der Waals surface area contributed by atoms with Gasteiger partial charge in [-0.25, -0.2) is 0 Å². The molecule has 0 atom stereocenters. The summed E-state index contributed by atoms with van der Waals surface area (Å²) in [6, 6.07) is 11.5. The molecule has 0 aliphatic rings. The number of rotatable bonds is 2. The quantitative estimate of drug-likeness (QED) is 0.915. The lowest BCUT2D eigenvalue weighted by molar-refractivity contribution is 1.20. The summed E-state index contributed by atoms with van der Waals surface area (Å²) in [5, 5.41) is 12.0. The Balaban J connectivity index is 2.22. The van der Waals surface area contributed by atoms with Crippen molar-refractivity contribution in [2.45, 2.75) is 6.92 Å². The number of nitrogens with one attached hydrogen (secondary N) is 1. The van der Waals surface area contributed by atoms with Gasteiger partial charge in [0.2, 0.25) is 0 Å². The van der Waals surface area contributed by atoms with E-state index in [4.69, 9.17) is 5.26 Å². The van der Waals surface area contributed by atoms with Gasteiger partial charge in [0.1, 0.15) is 6.07 Å². The minimum atomic E-state index is 0.623. The lowest BCUT2D eigenvalue weighted by atomic mass is 10.2. The van der Waals surface area contributed by atoms with E-state index in [0.717, 1.165) is 21.5 Å². The third-order valence-electron chi connectivity index (χ3n) is 2.29. The van der Waals surface area contributed by atoms with Crippen LogP contribution in [0.3, 0.4) is 0 Å². The smallest absolute Gasteiger partial charge is 0.100 e. The highest BCUT2D eigenvalue weighted by atomic mass is 79.9. The van der Waals surface area contributed by atoms with E-state index in [1.807, 2.05) is 31.2 Å². The summed E-state index contributed by atoms with van der Waals surface area (Å²) >= 11 is 3.35. The third kappa shape index (κ3) is 2.83. The number of benzene rings is 1. The minimum Gasteiger partial charge on any atom is -0.354 e. The van der Waals surface area contributed by atoms with Crippen LogP contribution in [0.5, 0.6) is 0 Å². The Kier molecular flexibility index (Phi) is 3.40. The van der Waals surface area contributed by atoms with E-state index >= 15 is 0 Å². The van der Waals surface area contributed by atoms with E-state index in [1.54, 1.807) is 12.3 Å². The van der Waals surface area contributed by atoms with Crippen LogP contribution in [-0.2, 0) is 0 Å². The van der Waals surface area contributed by atoms with Crippen LogP contribution in [-0.4, -0.2) is 4.98 Å². The zero-order valence-electron chi connectivity index (χ0n) is 9.24. The Morgan fingerprint density at radius 1 is 1.24 bits per heavy atom. The van der Waals surface area contributed by atoms with Crippen molar-refractivity contribution in [2.24, 2.45) is 0 Å². The van der Waals surface area contributed by atoms with Crippen molar-refractivity contribution in [2.75, 3.05) is 5.32 Å². The SMILES string of the molecule is Cc1ccc(Nc2ccc(C#N)c(Br)c2)cn1. The molecule has 4 heteroatoms. The van der Waals surface area contributed by atoms with E-state index < -0.39 is 0 Å². The molecule has 0 radical (unpaired) electrons. The van der Waals surface area contributed by atoms with Gasteiger partial charge in [0.25, 0.3) is 0 Å². The third-order valence-corrected chi connectivity index (χ3v) is 2.95. The number of anilines is 2. The van der Waals surface area contributed by atoms with E-state index in [1.165, 1.54) is 0 Å². The summed E-state index contributed by atoms with van der Waals surface area (Å²) < 4.78 is 0.782. The normalized spacial score (nSPS) is 9.71. The molecule has 0 fully saturated rings. The molecule has 0 aliphatic carbocycles. The van der Waals surface area contributed by atoms with Gasteiger partial charge < -0.3 is 5.32 Å². The number of nitrogens with zero attached hydrogens (tertiary/aromatic N) is 2. The fourth-order valence-electron chi connectivity index (χ4n) is 1.39. The van der Waals surface area contributed by atoms with E-state index in [9.17, 15) is 0 Å². The first-order valence-corrected chi connectivity index (χ1v) is 5.87.